The normalized spacial score (nSPS) is 22.1. The summed E-state index contributed by atoms with van der Waals surface area (Å²) in [7, 11) is 2.17. The van der Waals surface area contributed by atoms with E-state index in [1.54, 1.807) is 11.3 Å². The molecule has 1 aliphatic heterocycles. The molecule has 1 atom stereocenters. The lowest BCUT2D eigenvalue weighted by molar-refractivity contribution is -0.134. The molecule has 4 nitrogen and oxygen atoms in total. The Morgan fingerprint density at radius 1 is 1.45 bits per heavy atom. The van der Waals surface area contributed by atoms with Gasteiger partial charge >= 0.3 is 0 Å². The van der Waals surface area contributed by atoms with Crippen LogP contribution in [0.4, 0.5) is 0 Å². The lowest BCUT2D eigenvalue weighted by Crippen LogP contribution is -2.35. The number of carbonyl (C=O) groups is 1. The number of nitrogens with zero attached hydrogens (tertiary/aromatic N) is 3. The minimum Gasteiger partial charge on any atom is -0.342 e. The molecule has 1 aromatic heterocycles. The molecular weight excluding hydrogens is 294 g/mol. The molecule has 1 aliphatic carbocycles. The van der Waals surface area contributed by atoms with Gasteiger partial charge in [0.1, 0.15) is 0 Å². The van der Waals surface area contributed by atoms with Crippen molar-refractivity contribution in [2.75, 3.05) is 26.7 Å². The van der Waals surface area contributed by atoms with E-state index in [1.807, 2.05) is 5.51 Å². The van der Waals surface area contributed by atoms with Crippen LogP contribution in [0.3, 0.4) is 0 Å². The predicted octanol–water partition coefficient (Wildman–Crippen LogP) is 2.70. The minimum absolute atomic E-state index is 0.219. The summed E-state index contributed by atoms with van der Waals surface area (Å²) in [6.07, 6.45) is 7.29. The highest BCUT2D eigenvalue weighted by atomic mass is 32.1. The van der Waals surface area contributed by atoms with Crippen LogP contribution in [0.5, 0.6) is 0 Å². The fourth-order valence-corrected chi connectivity index (χ4v) is 4.34. The average Bonchev–Trinajstić information content (AvgIpc) is 3.21. The highest BCUT2D eigenvalue weighted by Crippen LogP contribution is 2.25. The molecule has 22 heavy (non-hydrogen) atoms. The molecule has 1 saturated heterocycles. The van der Waals surface area contributed by atoms with Gasteiger partial charge in [-0.1, -0.05) is 12.2 Å². The number of carbonyl (C=O) groups excluding carboxylic acids is 1. The second-order valence-electron chi connectivity index (χ2n) is 6.64. The molecule has 0 bridgehead atoms. The second kappa shape index (κ2) is 6.92. The van der Waals surface area contributed by atoms with Gasteiger partial charge in [-0.05, 0) is 39.2 Å². The molecule has 1 unspecified atom stereocenters. The Kier molecular flexibility index (Phi) is 4.93. The molecule has 1 fully saturated rings. The molecule has 2 heterocycles. The Morgan fingerprint density at radius 3 is 2.91 bits per heavy atom. The van der Waals surface area contributed by atoms with Gasteiger partial charge in [-0.25, -0.2) is 4.98 Å². The van der Waals surface area contributed by atoms with Crippen molar-refractivity contribution in [3.63, 3.8) is 0 Å². The number of allylic oxidation sites excluding steroid dienone is 2. The van der Waals surface area contributed by atoms with Crippen molar-refractivity contribution in [1.82, 2.24) is 14.8 Å². The standard InChI is InChI=1S/C17H25N3OS/c1-13-16(22-12-18-13)11-19(2)9-14-7-8-20(10-14)17(21)15-5-3-4-6-15/h3-4,12,14-15H,5-11H2,1-2H3. The smallest absolute Gasteiger partial charge is 0.226 e. The molecule has 5 heteroatoms. The highest BCUT2D eigenvalue weighted by molar-refractivity contribution is 7.09. The first kappa shape index (κ1) is 15.7. The number of aryl methyl sites for hydroxylation is 1. The molecule has 0 spiro atoms. The third-order valence-corrected chi connectivity index (χ3v) is 5.70. The highest BCUT2D eigenvalue weighted by Gasteiger charge is 2.31. The van der Waals surface area contributed by atoms with E-state index in [4.69, 9.17) is 0 Å². The quantitative estimate of drug-likeness (QED) is 0.783. The van der Waals surface area contributed by atoms with Crippen molar-refractivity contribution in [2.45, 2.75) is 32.7 Å². The molecule has 0 N–H and O–H groups in total. The number of likely N-dealkylation sites (tertiary alicyclic amines) is 1. The average molecular weight is 319 g/mol. The Bertz CT molecular complexity index is 546. The fourth-order valence-electron chi connectivity index (χ4n) is 3.49. The zero-order chi connectivity index (χ0) is 15.5. The van der Waals surface area contributed by atoms with E-state index in [0.29, 0.717) is 11.8 Å². The summed E-state index contributed by atoms with van der Waals surface area (Å²) in [6.45, 7) is 5.97. The summed E-state index contributed by atoms with van der Waals surface area (Å²) in [5, 5.41) is 0. The zero-order valence-corrected chi connectivity index (χ0v) is 14.3. The van der Waals surface area contributed by atoms with E-state index in [-0.39, 0.29) is 5.92 Å². The maximum absolute atomic E-state index is 12.4. The lowest BCUT2D eigenvalue weighted by Gasteiger charge is -2.23. The van der Waals surface area contributed by atoms with E-state index in [0.717, 1.165) is 51.1 Å². The van der Waals surface area contributed by atoms with Gasteiger partial charge in [0, 0.05) is 37.0 Å². The van der Waals surface area contributed by atoms with E-state index >= 15 is 0 Å². The first-order valence-corrected chi connectivity index (χ1v) is 9.02. The van der Waals surface area contributed by atoms with Gasteiger partial charge in [0.2, 0.25) is 5.91 Å². The Hall–Kier alpha value is -1.20. The molecule has 3 rings (SSSR count). The monoisotopic (exact) mass is 319 g/mol. The predicted molar refractivity (Wildman–Crippen MR) is 89.7 cm³/mol. The van der Waals surface area contributed by atoms with Crippen LogP contribution in [-0.4, -0.2) is 47.4 Å². The van der Waals surface area contributed by atoms with Crippen molar-refractivity contribution < 1.29 is 4.79 Å². The van der Waals surface area contributed by atoms with Crippen LogP contribution in [-0.2, 0) is 11.3 Å². The van der Waals surface area contributed by atoms with Gasteiger partial charge in [-0.2, -0.15) is 0 Å². The first-order valence-electron chi connectivity index (χ1n) is 8.14. The molecule has 0 aromatic carbocycles. The summed E-state index contributed by atoms with van der Waals surface area (Å²) >= 11 is 1.73. The lowest BCUT2D eigenvalue weighted by atomic mass is 10.1. The van der Waals surface area contributed by atoms with Crippen LogP contribution in [0, 0.1) is 18.8 Å². The fraction of sp³-hybridized carbons (Fsp3) is 0.647. The van der Waals surface area contributed by atoms with Crippen LogP contribution in [0.25, 0.3) is 0 Å². The number of amides is 1. The summed E-state index contributed by atoms with van der Waals surface area (Å²) < 4.78 is 0. The maximum atomic E-state index is 12.4. The van der Waals surface area contributed by atoms with E-state index in [1.165, 1.54) is 4.88 Å². The number of aromatic nitrogens is 1. The number of hydrogen-bond donors (Lipinski definition) is 0. The largest absolute Gasteiger partial charge is 0.342 e. The molecule has 0 radical (unpaired) electrons. The molecule has 2 aliphatic rings. The van der Waals surface area contributed by atoms with Crippen LogP contribution < -0.4 is 0 Å². The van der Waals surface area contributed by atoms with Crippen molar-refractivity contribution in [3.05, 3.63) is 28.2 Å². The summed E-state index contributed by atoms with van der Waals surface area (Å²) in [5.74, 6) is 1.20. The molecule has 0 saturated carbocycles. The van der Waals surface area contributed by atoms with Gasteiger partial charge in [0.15, 0.2) is 0 Å². The Labute approximate surface area is 136 Å². The van der Waals surface area contributed by atoms with E-state index in [2.05, 4.69) is 40.9 Å². The third kappa shape index (κ3) is 3.58. The topological polar surface area (TPSA) is 36.4 Å². The Morgan fingerprint density at radius 2 is 2.23 bits per heavy atom. The van der Waals surface area contributed by atoms with E-state index < -0.39 is 0 Å². The van der Waals surface area contributed by atoms with Gasteiger partial charge in [0.25, 0.3) is 0 Å². The minimum atomic E-state index is 0.219. The summed E-state index contributed by atoms with van der Waals surface area (Å²) in [4.78, 5) is 22.6. The van der Waals surface area contributed by atoms with Crippen molar-refractivity contribution in [3.8, 4) is 0 Å². The molecule has 120 valence electrons. The van der Waals surface area contributed by atoms with Gasteiger partial charge in [0.05, 0.1) is 11.2 Å². The molecule has 1 aromatic rings. The summed E-state index contributed by atoms with van der Waals surface area (Å²) in [5.41, 5.74) is 3.07. The number of rotatable bonds is 5. The zero-order valence-electron chi connectivity index (χ0n) is 13.5. The first-order chi connectivity index (χ1) is 10.6. The van der Waals surface area contributed by atoms with Crippen molar-refractivity contribution in [1.29, 1.82) is 0 Å². The number of hydrogen-bond acceptors (Lipinski definition) is 4. The van der Waals surface area contributed by atoms with E-state index in [9.17, 15) is 4.79 Å². The van der Waals surface area contributed by atoms with Crippen LogP contribution in [0.15, 0.2) is 17.7 Å². The third-order valence-electron chi connectivity index (χ3n) is 4.78. The van der Waals surface area contributed by atoms with Crippen molar-refractivity contribution >= 4 is 17.2 Å². The SMILES string of the molecule is Cc1ncsc1CN(C)CC1CCN(C(=O)C2CC=CC2)C1. The number of thiazole rings is 1. The van der Waals surface area contributed by atoms with Gasteiger partial charge < -0.3 is 9.80 Å². The molecular formula is C17H25N3OS. The Balaban J connectivity index is 1.46. The van der Waals surface area contributed by atoms with Crippen molar-refractivity contribution in [2.24, 2.45) is 11.8 Å². The van der Waals surface area contributed by atoms with Gasteiger partial charge in [-0.15, -0.1) is 11.3 Å². The van der Waals surface area contributed by atoms with Crippen LogP contribution in [0.2, 0.25) is 0 Å². The van der Waals surface area contributed by atoms with Crippen LogP contribution in [0.1, 0.15) is 29.8 Å². The second-order valence-corrected chi connectivity index (χ2v) is 7.58. The summed E-state index contributed by atoms with van der Waals surface area (Å²) in [6, 6.07) is 0. The molecule has 1 amide bonds. The van der Waals surface area contributed by atoms with Gasteiger partial charge in [-0.3, -0.25) is 4.79 Å². The maximum Gasteiger partial charge on any atom is 0.226 e. The van der Waals surface area contributed by atoms with Crippen LogP contribution >= 0.6 is 11.3 Å².